The number of anilines is 3. The standard InChI is InChI=1S/C27H28F2N4O3/c28-27(29)36-22-12-10-20(11-13-22)30-24-9-5-4-8-23(24)26(35)32-21-14-16-33(17-15-21)18-25(34)31-19-6-2-1-3-7-19/h1-13,21,27,30H,14-18H2,(H,31,34)(H,32,35). The maximum Gasteiger partial charge on any atom is 0.387 e. The predicted molar refractivity (Wildman–Crippen MR) is 135 cm³/mol. The SMILES string of the molecule is O=C(CN1CCC(NC(=O)c2ccccc2Nc2ccc(OC(F)F)cc2)CC1)Nc1ccccc1. The fraction of sp³-hybridized carbons (Fsp3) is 0.259. The molecule has 0 aromatic heterocycles. The highest BCUT2D eigenvalue weighted by Crippen LogP contribution is 2.24. The van der Waals surface area contributed by atoms with Crippen molar-refractivity contribution in [2.75, 3.05) is 30.3 Å². The molecule has 1 fully saturated rings. The molecule has 3 N–H and O–H groups in total. The second-order valence-electron chi connectivity index (χ2n) is 8.51. The first-order chi connectivity index (χ1) is 17.5. The zero-order valence-corrected chi connectivity index (χ0v) is 19.6. The average molecular weight is 495 g/mol. The van der Waals surface area contributed by atoms with Gasteiger partial charge in [-0.25, -0.2) is 0 Å². The molecule has 36 heavy (non-hydrogen) atoms. The number of nitrogens with one attached hydrogen (secondary N) is 3. The molecule has 0 aliphatic carbocycles. The van der Waals surface area contributed by atoms with Gasteiger partial charge in [-0.3, -0.25) is 14.5 Å². The van der Waals surface area contributed by atoms with Crippen molar-refractivity contribution in [1.82, 2.24) is 10.2 Å². The Bertz CT molecular complexity index is 1150. The number of para-hydroxylation sites is 2. The molecule has 4 rings (SSSR count). The maximum atomic E-state index is 13.0. The van der Waals surface area contributed by atoms with Gasteiger partial charge in [-0.15, -0.1) is 0 Å². The van der Waals surface area contributed by atoms with Gasteiger partial charge in [0.05, 0.1) is 17.8 Å². The van der Waals surface area contributed by atoms with E-state index in [0.29, 0.717) is 36.6 Å². The second kappa shape index (κ2) is 12.1. The van der Waals surface area contributed by atoms with E-state index in [0.717, 1.165) is 18.5 Å². The number of carbonyl (C=O) groups is 2. The summed E-state index contributed by atoms with van der Waals surface area (Å²) < 4.78 is 29.1. The van der Waals surface area contributed by atoms with Gasteiger partial charge in [0.15, 0.2) is 0 Å². The summed E-state index contributed by atoms with van der Waals surface area (Å²) in [5, 5.41) is 9.15. The van der Waals surface area contributed by atoms with Crippen molar-refractivity contribution in [3.8, 4) is 5.75 Å². The summed E-state index contributed by atoms with van der Waals surface area (Å²) in [6.45, 7) is -1.16. The van der Waals surface area contributed by atoms with Crippen LogP contribution >= 0.6 is 0 Å². The summed E-state index contributed by atoms with van der Waals surface area (Å²) >= 11 is 0. The van der Waals surface area contributed by atoms with Crippen LogP contribution in [0, 0.1) is 0 Å². The molecule has 0 spiro atoms. The summed E-state index contributed by atoms with van der Waals surface area (Å²) in [5.41, 5.74) is 2.50. The van der Waals surface area contributed by atoms with Gasteiger partial charge in [0.1, 0.15) is 5.75 Å². The Morgan fingerprint density at radius 2 is 1.56 bits per heavy atom. The highest BCUT2D eigenvalue weighted by Gasteiger charge is 2.23. The number of likely N-dealkylation sites (tertiary alicyclic amines) is 1. The van der Waals surface area contributed by atoms with Crippen molar-refractivity contribution in [1.29, 1.82) is 0 Å². The summed E-state index contributed by atoms with van der Waals surface area (Å²) in [4.78, 5) is 27.4. The number of ether oxygens (including phenoxy) is 1. The first-order valence-electron chi connectivity index (χ1n) is 11.8. The minimum Gasteiger partial charge on any atom is -0.435 e. The largest absolute Gasteiger partial charge is 0.435 e. The number of alkyl halides is 2. The third-order valence-electron chi connectivity index (χ3n) is 5.88. The number of hydrogen-bond donors (Lipinski definition) is 3. The zero-order chi connectivity index (χ0) is 25.3. The van der Waals surface area contributed by atoms with Crippen LogP contribution < -0.4 is 20.7 Å². The number of benzene rings is 3. The summed E-state index contributed by atoms with van der Waals surface area (Å²) in [6, 6.07) is 22.5. The normalized spacial score (nSPS) is 14.3. The van der Waals surface area contributed by atoms with Gasteiger partial charge in [-0.1, -0.05) is 30.3 Å². The van der Waals surface area contributed by atoms with E-state index in [2.05, 4.69) is 25.6 Å². The summed E-state index contributed by atoms with van der Waals surface area (Å²) in [6.07, 6.45) is 1.48. The third kappa shape index (κ3) is 7.26. The molecule has 3 aromatic rings. The predicted octanol–water partition coefficient (Wildman–Crippen LogP) is 4.86. The number of carbonyl (C=O) groups excluding carboxylic acids is 2. The van der Waals surface area contributed by atoms with Gasteiger partial charge in [0.2, 0.25) is 5.91 Å². The minimum absolute atomic E-state index is 0.00442. The molecule has 0 bridgehead atoms. The highest BCUT2D eigenvalue weighted by atomic mass is 19.3. The molecule has 1 heterocycles. The minimum atomic E-state index is -2.88. The number of hydrogen-bond acceptors (Lipinski definition) is 5. The first-order valence-corrected chi connectivity index (χ1v) is 11.8. The van der Waals surface area contributed by atoms with Crippen LogP contribution in [0.1, 0.15) is 23.2 Å². The van der Waals surface area contributed by atoms with E-state index in [9.17, 15) is 18.4 Å². The van der Waals surface area contributed by atoms with Crippen LogP contribution in [0.15, 0.2) is 78.9 Å². The molecule has 2 amide bonds. The monoisotopic (exact) mass is 494 g/mol. The van der Waals surface area contributed by atoms with E-state index in [1.165, 1.54) is 12.1 Å². The molecule has 188 valence electrons. The lowest BCUT2D eigenvalue weighted by molar-refractivity contribution is -0.117. The van der Waals surface area contributed by atoms with Crippen LogP contribution in [0.3, 0.4) is 0 Å². The Balaban J connectivity index is 1.28. The Hall–Kier alpha value is -3.98. The molecule has 0 saturated carbocycles. The molecule has 3 aromatic carbocycles. The fourth-order valence-electron chi connectivity index (χ4n) is 4.09. The van der Waals surface area contributed by atoms with Crippen molar-refractivity contribution in [2.24, 2.45) is 0 Å². The van der Waals surface area contributed by atoms with Gasteiger partial charge in [0, 0.05) is 30.5 Å². The Morgan fingerprint density at radius 1 is 0.889 bits per heavy atom. The van der Waals surface area contributed by atoms with E-state index in [1.807, 2.05) is 36.4 Å². The number of rotatable bonds is 9. The van der Waals surface area contributed by atoms with Crippen LogP contribution in [0.25, 0.3) is 0 Å². The van der Waals surface area contributed by atoms with Crippen LogP contribution in [-0.2, 0) is 4.79 Å². The Labute approximate surface area is 208 Å². The Kier molecular flexibility index (Phi) is 8.46. The lowest BCUT2D eigenvalue weighted by Gasteiger charge is -2.32. The number of amides is 2. The fourth-order valence-corrected chi connectivity index (χ4v) is 4.09. The van der Waals surface area contributed by atoms with Crippen molar-refractivity contribution in [3.63, 3.8) is 0 Å². The van der Waals surface area contributed by atoms with E-state index in [1.54, 1.807) is 30.3 Å². The van der Waals surface area contributed by atoms with Crippen LogP contribution in [0.2, 0.25) is 0 Å². The van der Waals surface area contributed by atoms with E-state index in [4.69, 9.17) is 0 Å². The second-order valence-corrected chi connectivity index (χ2v) is 8.51. The molecule has 1 aliphatic rings. The lowest BCUT2D eigenvalue weighted by atomic mass is 10.0. The molecule has 7 nitrogen and oxygen atoms in total. The smallest absolute Gasteiger partial charge is 0.387 e. The van der Waals surface area contributed by atoms with Gasteiger partial charge in [0.25, 0.3) is 5.91 Å². The average Bonchev–Trinajstić information content (AvgIpc) is 2.87. The quantitative estimate of drug-likeness (QED) is 0.396. The molecule has 1 aliphatic heterocycles. The highest BCUT2D eigenvalue weighted by molar-refractivity contribution is 6.00. The first kappa shape index (κ1) is 25.1. The van der Waals surface area contributed by atoms with E-state index in [-0.39, 0.29) is 23.6 Å². The molecular formula is C27H28F2N4O3. The topological polar surface area (TPSA) is 82.7 Å². The van der Waals surface area contributed by atoms with Gasteiger partial charge >= 0.3 is 6.61 Å². The molecule has 0 radical (unpaired) electrons. The van der Waals surface area contributed by atoms with Gasteiger partial charge in [-0.2, -0.15) is 8.78 Å². The molecule has 9 heteroatoms. The van der Waals surface area contributed by atoms with Gasteiger partial charge in [-0.05, 0) is 61.4 Å². The lowest BCUT2D eigenvalue weighted by Crippen LogP contribution is -2.46. The van der Waals surface area contributed by atoms with E-state index < -0.39 is 6.61 Å². The molecule has 1 saturated heterocycles. The zero-order valence-electron chi connectivity index (χ0n) is 19.6. The maximum absolute atomic E-state index is 13.0. The van der Waals surface area contributed by atoms with Gasteiger partial charge < -0.3 is 20.7 Å². The van der Waals surface area contributed by atoms with Crippen LogP contribution in [0.5, 0.6) is 5.75 Å². The number of halogens is 2. The molecule has 0 unspecified atom stereocenters. The molecular weight excluding hydrogens is 466 g/mol. The van der Waals surface area contributed by atoms with Crippen molar-refractivity contribution in [2.45, 2.75) is 25.5 Å². The Morgan fingerprint density at radius 3 is 2.25 bits per heavy atom. The number of piperidine rings is 1. The summed E-state index contributed by atoms with van der Waals surface area (Å²) in [7, 11) is 0. The van der Waals surface area contributed by atoms with Crippen LogP contribution in [-0.4, -0.2) is 49.0 Å². The van der Waals surface area contributed by atoms with Crippen molar-refractivity contribution < 1.29 is 23.1 Å². The third-order valence-corrected chi connectivity index (χ3v) is 5.88. The number of nitrogens with zero attached hydrogens (tertiary/aromatic N) is 1. The molecule has 0 atom stereocenters. The summed E-state index contributed by atoms with van der Waals surface area (Å²) in [5.74, 6) is -0.195. The van der Waals surface area contributed by atoms with E-state index >= 15 is 0 Å². The van der Waals surface area contributed by atoms with Crippen LogP contribution in [0.4, 0.5) is 25.8 Å². The van der Waals surface area contributed by atoms with Crippen molar-refractivity contribution in [3.05, 3.63) is 84.4 Å². The van der Waals surface area contributed by atoms with Crippen molar-refractivity contribution >= 4 is 28.9 Å².